The molecule has 0 aromatic carbocycles. The highest BCUT2D eigenvalue weighted by molar-refractivity contribution is 6.10. The van der Waals surface area contributed by atoms with Crippen molar-refractivity contribution in [2.45, 2.75) is 19.5 Å². The molecular weight excluding hydrogens is 349 g/mol. The summed E-state index contributed by atoms with van der Waals surface area (Å²) >= 11 is 0. The van der Waals surface area contributed by atoms with Crippen molar-refractivity contribution in [2.75, 3.05) is 13.2 Å². The van der Waals surface area contributed by atoms with Crippen molar-refractivity contribution in [3.8, 4) is 0 Å². The van der Waals surface area contributed by atoms with Crippen LogP contribution in [0.5, 0.6) is 0 Å². The average Bonchev–Trinajstić information content (AvgIpc) is 2.60. The van der Waals surface area contributed by atoms with Gasteiger partial charge in [0, 0.05) is 36.5 Å². The Balaban J connectivity index is 2.10. The molecule has 0 unspecified atom stereocenters. The Kier molecular flexibility index (Phi) is 6.26. The maximum absolute atomic E-state index is 12.8. The third-order valence-corrected chi connectivity index (χ3v) is 3.33. The lowest BCUT2D eigenvalue weighted by Crippen LogP contribution is -2.26. The highest BCUT2D eigenvalue weighted by Crippen LogP contribution is 2.24. The normalized spacial score (nSPS) is 13.1. The molecule has 0 radical (unpaired) electrons. The van der Waals surface area contributed by atoms with Crippen LogP contribution in [0.4, 0.5) is 13.2 Å². The number of carbonyl (C=O) groups is 1. The summed E-state index contributed by atoms with van der Waals surface area (Å²) in [4.78, 5) is 24.0. The molecule has 0 saturated carbocycles. The number of hydrogen-bond donors (Lipinski definition) is 1. The highest BCUT2D eigenvalue weighted by Gasteiger charge is 2.36. The number of ether oxygens (including phenoxy) is 1. The first-order valence-corrected chi connectivity index (χ1v) is 7.77. The quantitative estimate of drug-likeness (QED) is 0.482. The van der Waals surface area contributed by atoms with Gasteiger partial charge >= 0.3 is 12.1 Å². The van der Waals surface area contributed by atoms with Gasteiger partial charge in [-0.25, -0.2) is 14.8 Å². The molecule has 0 spiro atoms. The summed E-state index contributed by atoms with van der Waals surface area (Å²) in [5, 5.41) is 0.880. The van der Waals surface area contributed by atoms with Crippen LogP contribution >= 0.6 is 0 Å². The second-order valence-corrected chi connectivity index (χ2v) is 5.18. The number of aliphatic imine (C=N–C) groups is 1. The minimum Gasteiger partial charge on any atom is -0.462 e. The van der Waals surface area contributed by atoms with Crippen molar-refractivity contribution in [1.29, 1.82) is 0 Å². The second kappa shape index (κ2) is 8.41. The van der Waals surface area contributed by atoms with Crippen LogP contribution in [0.25, 0.3) is 11.0 Å². The first-order valence-electron chi connectivity index (χ1n) is 7.77. The Morgan fingerprint density at radius 1 is 1.35 bits per heavy atom. The average molecular weight is 366 g/mol. The van der Waals surface area contributed by atoms with Crippen LogP contribution in [0.2, 0.25) is 0 Å². The van der Waals surface area contributed by atoms with Gasteiger partial charge in [-0.2, -0.15) is 13.2 Å². The lowest BCUT2D eigenvalue weighted by Gasteiger charge is -2.10. The van der Waals surface area contributed by atoms with Crippen LogP contribution in [0.1, 0.15) is 12.6 Å². The lowest BCUT2D eigenvalue weighted by molar-refractivity contribution is -0.139. The molecule has 2 N–H and O–H groups in total. The summed E-state index contributed by atoms with van der Waals surface area (Å²) < 4.78 is 42.9. The number of halogens is 3. The predicted octanol–water partition coefficient (Wildman–Crippen LogP) is 2.58. The van der Waals surface area contributed by atoms with E-state index in [1.165, 1.54) is 6.92 Å². The predicted molar refractivity (Wildman–Crippen MR) is 90.5 cm³/mol. The van der Waals surface area contributed by atoms with Crippen LogP contribution in [0, 0.1) is 0 Å². The Hall–Kier alpha value is -2.97. The maximum atomic E-state index is 12.8. The van der Waals surface area contributed by atoms with Crippen molar-refractivity contribution in [2.24, 2.45) is 10.7 Å². The van der Waals surface area contributed by atoms with Gasteiger partial charge in [0.05, 0.1) is 6.61 Å². The van der Waals surface area contributed by atoms with E-state index in [-0.39, 0.29) is 13.2 Å². The fraction of sp³-hybridized carbons (Fsp3) is 0.294. The number of pyridine rings is 2. The van der Waals surface area contributed by atoms with Gasteiger partial charge in [0.1, 0.15) is 11.3 Å². The summed E-state index contributed by atoms with van der Waals surface area (Å²) in [6, 6.07) is 7.29. The molecule has 2 aromatic rings. The Morgan fingerprint density at radius 3 is 2.81 bits per heavy atom. The smallest absolute Gasteiger partial charge is 0.431 e. The van der Waals surface area contributed by atoms with Gasteiger partial charge < -0.3 is 10.5 Å². The van der Waals surface area contributed by atoms with Crippen molar-refractivity contribution < 1.29 is 22.7 Å². The van der Waals surface area contributed by atoms with Crippen LogP contribution in [0.15, 0.2) is 46.7 Å². The van der Waals surface area contributed by atoms with Gasteiger partial charge in [-0.1, -0.05) is 0 Å². The van der Waals surface area contributed by atoms with E-state index in [4.69, 9.17) is 5.73 Å². The third-order valence-electron chi connectivity index (χ3n) is 3.33. The van der Waals surface area contributed by atoms with Gasteiger partial charge in [0.2, 0.25) is 0 Å². The number of nitrogens with two attached hydrogens (primary N) is 1. The topological polar surface area (TPSA) is 90.5 Å². The summed E-state index contributed by atoms with van der Waals surface area (Å²) in [5.74, 6) is -1.17. The zero-order chi connectivity index (χ0) is 19.2. The van der Waals surface area contributed by atoms with Gasteiger partial charge in [0.25, 0.3) is 0 Å². The maximum Gasteiger partial charge on any atom is 0.431 e. The van der Waals surface area contributed by atoms with Crippen molar-refractivity contribution in [3.63, 3.8) is 0 Å². The molecule has 26 heavy (non-hydrogen) atoms. The molecule has 0 amide bonds. The van der Waals surface area contributed by atoms with E-state index in [0.717, 1.165) is 11.6 Å². The number of hydrogen-bond acceptors (Lipinski definition) is 6. The van der Waals surface area contributed by atoms with Crippen molar-refractivity contribution >= 4 is 23.2 Å². The Morgan fingerprint density at radius 2 is 2.12 bits per heavy atom. The molecule has 0 aliphatic carbocycles. The Bertz CT molecular complexity index is 847. The number of allylic oxidation sites excluding steroid dienone is 1. The Labute approximate surface area is 147 Å². The first kappa shape index (κ1) is 19.4. The molecule has 9 heteroatoms. The van der Waals surface area contributed by atoms with Crippen LogP contribution in [-0.2, 0) is 16.0 Å². The fourth-order valence-electron chi connectivity index (χ4n) is 2.06. The number of alkyl halides is 3. The largest absolute Gasteiger partial charge is 0.462 e. The molecule has 138 valence electrons. The second-order valence-electron chi connectivity index (χ2n) is 5.18. The summed E-state index contributed by atoms with van der Waals surface area (Å²) in [7, 11) is 0. The molecule has 2 rings (SSSR count). The summed E-state index contributed by atoms with van der Waals surface area (Å²) in [5.41, 5.74) is 3.93. The van der Waals surface area contributed by atoms with Crippen LogP contribution in [0.3, 0.4) is 0 Å². The molecule has 2 aromatic heterocycles. The van der Waals surface area contributed by atoms with Gasteiger partial charge in [-0.15, -0.1) is 0 Å². The number of esters is 1. The molecule has 0 aliphatic rings. The van der Waals surface area contributed by atoms with Crippen LogP contribution in [-0.4, -0.2) is 41.5 Å². The van der Waals surface area contributed by atoms with E-state index in [0.29, 0.717) is 17.8 Å². The molecular formula is C17H17F3N4O2. The van der Waals surface area contributed by atoms with Crippen LogP contribution < -0.4 is 5.73 Å². The van der Waals surface area contributed by atoms with E-state index in [1.54, 1.807) is 18.3 Å². The summed E-state index contributed by atoms with van der Waals surface area (Å²) in [6.45, 7) is 1.53. The van der Waals surface area contributed by atoms with Gasteiger partial charge in [-0.05, 0) is 31.2 Å². The fourth-order valence-corrected chi connectivity index (χ4v) is 2.06. The third kappa shape index (κ3) is 5.01. The number of aromatic nitrogens is 2. The molecule has 0 saturated heterocycles. The monoisotopic (exact) mass is 366 g/mol. The zero-order valence-corrected chi connectivity index (χ0v) is 14.0. The van der Waals surface area contributed by atoms with Gasteiger partial charge in [0.15, 0.2) is 5.65 Å². The van der Waals surface area contributed by atoms with E-state index in [1.807, 2.05) is 12.1 Å². The van der Waals surface area contributed by atoms with E-state index < -0.39 is 23.4 Å². The molecule has 0 aliphatic heterocycles. The van der Waals surface area contributed by atoms with E-state index >= 15 is 0 Å². The van der Waals surface area contributed by atoms with Crippen molar-refractivity contribution in [3.05, 3.63) is 47.4 Å². The zero-order valence-electron chi connectivity index (χ0n) is 14.0. The summed E-state index contributed by atoms with van der Waals surface area (Å²) in [6.07, 6.45) is -2.07. The van der Waals surface area contributed by atoms with Crippen molar-refractivity contribution in [1.82, 2.24) is 9.97 Å². The molecule has 0 atom stereocenters. The number of carbonyl (C=O) groups excluding carboxylic acids is 1. The molecule has 2 heterocycles. The minimum atomic E-state index is -4.85. The number of fused-ring (bicyclic) bond motifs is 1. The van der Waals surface area contributed by atoms with E-state index in [2.05, 4.69) is 19.7 Å². The highest BCUT2D eigenvalue weighted by atomic mass is 19.4. The van der Waals surface area contributed by atoms with Gasteiger partial charge in [-0.3, -0.25) is 4.99 Å². The number of rotatable bonds is 6. The first-order chi connectivity index (χ1) is 12.3. The minimum absolute atomic E-state index is 0.0741. The lowest BCUT2D eigenvalue weighted by atomic mass is 10.2. The molecule has 0 fully saturated rings. The SMILES string of the molecule is CCOC(=O)C(C=NCCc1ccc2cccnc2n1)=C(N)C(F)(F)F. The molecule has 0 bridgehead atoms. The number of nitrogens with zero attached hydrogens (tertiary/aromatic N) is 3. The molecule has 6 nitrogen and oxygen atoms in total. The standard InChI is InChI=1S/C17H17F3N4O2/c1-2-26-16(25)13(14(21)17(18,19)20)10-22-9-7-12-6-5-11-4-3-8-23-15(11)24-12/h3-6,8,10H,2,7,9,21H2,1H3. The van der Waals surface area contributed by atoms with E-state index in [9.17, 15) is 18.0 Å².